The Balaban J connectivity index is 2.12. The Hall–Kier alpha value is 0.140. The average Bonchev–Trinajstić information content (AvgIpc) is 2.86. The summed E-state index contributed by atoms with van der Waals surface area (Å²) in [5, 5.41) is 9.94. The summed E-state index contributed by atoms with van der Waals surface area (Å²) in [5.41, 5.74) is 0.998. The van der Waals surface area contributed by atoms with E-state index in [4.69, 9.17) is 0 Å². The smallest absolute Gasteiger partial charge is 0.0793 e. The Morgan fingerprint density at radius 2 is 1.79 bits per heavy atom. The Labute approximate surface area is 101 Å². The molecule has 0 radical (unpaired) electrons. The maximum Gasteiger partial charge on any atom is 0.0793 e. The quantitative estimate of drug-likeness (QED) is 0.891. The van der Waals surface area contributed by atoms with Gasteiger partial charge in [-0.3, -0.25) is 0 Å². The SMILES string of the molecule is OC(CC1CC1)c1cc(Br)cc(Br)c1. The largest absolute Gasteiger partial charge is 0.388 e. The summed E-state index contributed by atoms with van der Waals surface area (Å²) in [6.45, 7) is 0. The summed E-state index contributed by atoms with van der Waals surface area (Å²) in [7, 11) is 0. The minimum atomic E-state index is -0.309. The first-order valence-corrected chi connectivity index (χ1v) is 6.38. The van der Waals surface area contributed by atoms with Gasteiger partial charge in [-0.25, -0.2) is 0 Å². The molecular weight excluding hydrogens is 308 g/mol. The second-order valence-electron chi connectivity index (χ2n) is 3.90. The first kappa shape index (κ1) is 10.7. The van der Waals surface area contributed by atoms with Crippen molar-refractivity contribution in [2.75, 3.05) is 0 Å². The van der Waals surface area contributed by atoms with Crippen LogP contribution in [-0.4, -0.2) is 5.11 Å². The normalized spacial score (nSPS) is 18.2. The number of halogens is 2. The summed E-state index contributed by atoms with van der Waals surface area (Å²) in [6, 6.07) is 5.95. The van der Waals surface area contributed by atoms with Crippen molar-refractivity contribution in [3.8, 4) is 0 Å². The minimum Gasteiger partial charge on any atom is -0.388 e. The molecule has 3 heteroatoms. The second kappa shape index (κ2) is 4.33. The van der Waals surface area contributed by atoms with E-state index in [9.17, 15) is 5.11 Å². The van der Waals surface area contributed by atoms with Crippen molar-refractivity contribution in [2.24, 2.45) is 5.92 Å². The molecule has 1 aliphatic rings. The third-order valence-corrected chi connectivity index (χ3v) is 3.44. The van der Waals surface area contributed by atoms with Crippen LogP contribution in [-0.2, 0) is 0 Å². The highest BCUT2D eigenvalue weighted by Gasteiger charge is 2.25. The minimum absolute atomic E-state index is 0.309. The third kappa shape index (κ3) is 2.81. The van der Waals surface area contributed by atoms with Crippen molar-refractivity contribution in [3.63, 3.8) is 0 Å². The van der Waals surface area contributed by atoms with Crippen LogP contribution in [0.25, 0.3) is 0 Å². The van der Waals surface area contributed by atoms with E-state index >= 15 is 0 Å². The second-order valence-corrected chi connectivity index (χ2v) is 5.73. The van der Waals surface area contributed by atoms with Gasteiger partial charge in [-0.05, 0) is 36.1 Å². The molecule has 0 amide bonds. The van der Waals surface area contributed by atoms with Crippen LogP contribution in [0.1, 0.15) is 30.9 Å². The van der Waals surface area contributed by atoms with Crippen molar-refractivity contribution in [1.82, 2.24) is 0 Å². The fourth-order valence-electron chi connectivity index (χ4n) is 1.57. The van der Waals surface area contributed by atoms with E-state index in [1.807, 2.05) is 18.2 Å². The summed E-state index contributed by atoms with van der Waals surface area (Å²) < 4.78 is 2.02. The van der Waals surface area contributed by atoms with E-state index in [1.165, 1.54) is 12.8 Å². The van der Waals surface area contributed by atoms with Crippen molar-refractivity contribution in [3.05, 3.63) is 32.7 Å². The maximum atomic E-state index is 9.94. The molecule has 0 saturated heterocycles. The van der Waals surface area contributed by atoms with Crippen molar-refractivity contribution in [2.45, 2.75) is 25.4 Å². The number of aliphatic hydroxyl groups excluding tert-OH is 1. The summed E-state index contributed by atoms with van der Waals surface area (Å²) in [6.07, 6.45) is 3.16. The molecule has 0 aliphatic heterocycles. The van der Waals surface area contributed by atoms with Crippen molar-refractivity contribution in [1.29, 1.82) is 0 Å². The van der Waals surface area contributed by atoms with E-state index in [-0.39, 0.29) is 6.10 Å². The predicted octanol–water partition coefficient (Wildman–Crippen LogP) is 4.05. The molecule has 0 bridgehead atoms. The van der Waals surface area contributed by atoms with Crippen LogP contribution in [0.2, 0.25) is 0 Å². The van der Waals surface area contributed by atoms with E-state index in [0.29, 0.717) is 0 Å². The standard InChI is InChI=1S/C11H12Br2O/c12-9-4-8(5-10(13)6-9)11(14)3-7-1-2-7/h4-7,11,14H,1-3H2. The molecule has 1 N–H and O–H groups in total. The van der Waals surface area contributed by atoms with Gasteiger partial charge in [0.2, 0.25) is 0 Å². The molecule has 0 aromatic heterocycles. The zero-order valence-corrected chi connectivity index (χ0v) is 10.9. The monoisotopic (exact) mass is 318 g/mol. The molecule has 1 saturated carbocycles. The molecule has 0 heterocycles. The Morgan fingerprint density at radius 1 is 1.21 bits per heavy atom. The zero-order valence-electron chi connectivity index (χ0n) is 7.71. The number of rotatable bonds is 3. The maximum absolute atomic E-state index is 9.94. The van der Waals surface area contributed by atoms with Gasteiger partial charge < -0.3 is 5.11 Å². The highest BCUT2D eigenvalue weighted by molar-refractivity contribution is 9.11. The van der Waals surface area contributed by atoms with Gasteiger partial charge in [-0.2, -0.15) is 0 Å². The van der Waals surface area contributed by atoms with Crippen LogP contribution in [0.3, 0.4) is 0 Å². The molecule has 1 aromatic rings. The molecule has 1 fully saturated rings. The van der Waals surface area contributed by atoms with Gasteiger partial charge in [0.05, 0.1) is 6.10 Å². The highest BCUT2D eigenvalue weighted by atomic mass is 79.9. The van der Waals surface area contributed by atoms with Crippen LogP contribution >= 0.6 is 31.9 Å². The van der Waals surface area contributed by atoms with Gasteiger partial charge in [0.15, 0.2) is 0 Å². The molecular formula is C11H12Br2O. The molecule has 1 aliphatic carbocycles. The first-order valence-electron chi connectivity index (χ1n) is 4.79. The summed E-state index contributed by atoms with van der Waals surface area (Å²) in [5.74, 6) is 0.753. The third-order valence-electron chi connectivity index (χ3n) is 2.52. The number of aliphatic hydroxyl groups is 1. The van der Waals surface area contributed by atoms with Crippen LogP contribution in [0, 0.1) is 5.92 Å². The van der Waals surface area contributed by atoms with E-state index in [0.717, 1.165) is 26.8 Å². The van der Waals surface area contributed by atoms with Crippen molar-refractivity contribution >= 4 is 31.9 Å². The van der Waals surface area contributed by atoms with Crippen LogP contribution in [0.5, 0.6) is 0 Å². The molecule has 76 valence electrons. The van der Waals surface area contributed by atoms with Gasteiger partial charge in [-0.1, -0.05) is 44.7 Å². The lowest BCUT2D eigenvalue weighted by Crippen LogP contribution is -1.98. The fraction of sp³-hybridized carbons (Fsp3) is 0.455. The Bertz CT molecular complexity index is 314. The molecule has 2 rings (SSSR count). The molecule has 1 atom stereocenters. The van der Waals surface area contributed by atoms with Crippen LogP contribution < -0.4 is 0 Å². The van der Waals surface area contributed by atoms with Gasteiger partial charge in [-0.15, -0.1) is 0 Å². The lowest BCUT2D eigenvalue weighted by Gasteiger charge is -2.11. The number of hydrogen-bond donors (Lipinski definition) is 1. The lowest BCUT2D eigenvalue weighted by molar-refractivity contribution is 0.160. The summed E-state index contributed by atoms with van der Waals surface area (Å²) >= 11 is 6.84. The van der Waals surface area contributed by atoms with Crippen LogP contribution in [0.4, 0.5) is 0 Å². The average molecular weight is 320 g/mol. The lowest BCUT2D eigenvalue weighted by atomic mass is 10.0. The molecule has 0 spiro atoms. The Morgan fingerprint density at radius 3 is 2.29 bits per heavy atom. The molecule has 1 aromatic carbocycles. The molecule has 14 heavy (non-hydrogen) atoms. The fourth-order valence-corrected chi connectivity index (χ4v) is 2.90. The topological polar surface area (TPSA) is 20.2 Å². The number of hydrogen-bond acceptors (Lipinski definition) is 1. The molecule has 1 unspecified atom stereocenters. The van der Waals surface area contributed by atoms with Gasteiger partial charge in [0.1, 0.15) is 0 Å². The van der Waals surface area contributed by atoms with E-state index in [1.54, 1.807) is 0 Å². The van der Waals surface area contributed by atoms with Crippen LogP contribution in [0.15, 0.2) is 27.1 Å². The van der Waals surface area contributed by atoms with E-state index in [2.05, 4.69) is 31.9 Å². The van der Waals surface area contributed by atoms with Gasteiger partial charge >= 0.3 is 0 Å². The highest BCUT2D eigenvalue weighted by Crippen LogP contribution is 2.38. The van der Waals surface area contributed by atoms with Gasteiger partial charge in [0.25, 0.3) is 0 Å². The zero-order chi connectivity index (χ0) is 10.1. The van der Waals surface area contributed by atoms with E-state index < -0.39 is 0 Å². The number of benzene rings is 1. The molecule has 1 nitrogen and oxygen atoms in total. The van der Waals surface area contributed by atoms with Crippen molar-refractivity contribution < 1.29 is 5.11 Å². The predicted molar refractivity (Wildman–Crippen MR) is 64.1 cm³/mol. The van der Waals surface area contributed by atoms with Gasteiger partial charge in [0, 0.05) is 8.95 Å². The first-order chi connectivity index (χ1) is 6.65. The summed E-state index contributed by atoms with van der Waals surface area (Å²) in [4.78, 5) is 0. The Kier molecular flexibility index (Phi) is 3.30.